The van der Waals surface area contributed by atoms with Crippen molar-refractivity contribution in [3.05, 3.63) is 115 Å². The molecule has 57 heavy (non-hydrogen) atoms. The molecule has 1 aliphatic carbocycles. The predicted octanol–water partition coefficient (Wildman–Crippen LogP) is 8.99. The van der Waals surface area contributed by atoms with Crippen LogP contribution in [0.1, 0.15) is 56.9 Å². The second-order valence-corrected chi connectivity index (χ2v) is 14.3. The average Bonchev–Trinajstić information content (AvgIpc) is 3.67. The van der Waals surface area contributed by atoms with Crippen molar-refractivity contribution in [3.63, 3.8) is 0 Å². The van der Waals surface area contributed by atoms with Crippen LogP contribution in [-0.4, -0.2) is 48.8 Å². The molecule has 1 saturated carbocycles. The number of hydrazone groups is 1. The molecule has 13 heteroatoms. The number of aromatic nitrogens is 1. The zero-order valence-electron chi connectivity index (χ0n) is 31.3. The van der Waals surface area contributed by atoms with E-state index in [2.05, 4.69) is 6.58 Å². The van der Waals surface area contributed by atoms with Crippen LogP contribution < -0.4 is 24.0 Å². The lowest BCUT2D eigenvalue weighted by Crippen LogP contribution is -2.30. The average molecular weight is 790 g/mol. The Balaban J connectivity index is 1.01. The second-order valence-electron chi connectivity index (χ2n) is 13.3. The molecule has 0 amide bonds. The van der Waals surface area contributed by atoms with Gasteiger partial charge in [0, 0.05) is 11.6 Å². The highest BCUT2D eigenvalue weighted by molar-refractivity contribution is 7.22. The van der Waals surface area contributed by atoms with Crippen molar-refractivity contribution in [3.8, 4) is 23.0 Å². The number of para-hydroxylation sites is 2. The van der Waals surface area contributed by atoms with Crippen LogP contribution >= 0.6 is 11.3 Å². The number of carbonyl (C=O) groups is 4. The Morgan fingerprint density at radius 3 is 2.12 bits per heavy atom. The Morgan fingerprint density at radius 2 is 1.42 bits per heavy atom. The molecular weight excluding hydrogens is 747 g/mol. The van der Waals surface area contributed by atoms with E-state index in [1.807, 2.05) is 54.6 Å². The highest BCUT2D eigenvalue weighted by Crippen LogP contribution is 2.35. The molecule has 0 atom stereocenters. The van der Waals surface area contributed by atoms with Gasteiger partial charge in [-0.2, -0.15) is 5.10 Å². The first-order valence-electron chi connectivity index (χ1n) is 18.8. The first-order valence-corrected chi connectivity index (χ1v) is 19.7. The fourth-order valence-electron chi connectivity index (χ4n) is 6.25. The van der Waals surface area contributed by atoms with Gasteiger partial charge in [-0.05, 0) is 118 Å². The van der Waals surface area contributed by atoms with Crippen LogP contribution in [0.2, 0.25) is 0 Å². The van der Waals surface area contributed by atoms with Gasteiger partial charge >= 0.3 is 17.9 Å². The maximum Gasteiger partial charge on any atom is 0.330 e. The van der Waals surface area contributed by atoms with Crippen LogP contribution in [0.25, 0.3) is 10.2 Å². The number of ether oxygens (including phenoxy) is 5. The molecule has 0 N–H and O–H groups in total. The summed E-state index contributed by atoms with van der Waals surface area (Å²) >= 11 is 1.49. The Labute approximate surface area is 334 Å². The number of carbonyl (C=O) groups excluding carboxylic acids is 4. The SMILES string of the molecule is C=CC(=O)OCCCCCCOc1ccc(OC(=O)C2CCC(C(=O)Oc3ccc(OC=O)cc3/C=N/N(c3ccccc3)c3nc4ccccc4s3)CC2)cc1. The maximum absolute atomic E-state index is 13.5. The summed E-state index contributed by atoms with van der Waals surface area (Å²) in [7, 11) is 0. The minimum atomic E-state index is -0.420. The fourth-order valence-corrected chi connectivity index (χ4v) is 7.20. The Hall–Kier alpha value is -6.34. The molecule has 0 unspecified atom stereocenters. The minimum Gasteiger partial charge on any atom is -0.494 e. The molecule has 294 valence electrons. The molecule has 1 aliphatic rings. The van der Waals surface area contributed by atoms with Gasteiger partial charge in [-0.15, -0.1) is 0 Å². The van der Waals surface area contributed by atoms with Gasteiger partial charge < -0.3 is 23.7 Å². The lowest BCUT2D eigenvalue weighted by molar-refractivity contribution is -0.145. The van der Waals surface area contributed by atoms with E-state index in [4.69, 9.17) is 33.8 Å². The molecule has 1 aromatic heterocycles. The number of hydrogen-bond donors (Lipinski definition) is 0. The maximum atomic E-state index is 13.5. The minimum absolute atomic E-state index is 0.247. The zero-order valence-corrected chi connectivity index (χ0v) is 32.1. The second kappa shape index (κ2) is 20.5. The van der Waals surface area contributed by atoms with E-state index < -0.39 is 17.9 Å². The van der Waals surface area contributed by atoms with E-state index in [1.54, 1.807) is 53.7 Å². The predicted molar refractivity (Wildman–Crippen MR) is 217 cm³/mol. The molecule has 0 saturated heterocycles. The number of esters is 3. The zero-order chi connectivity index (χ0) is 39.8. The first-order chi connectivity index (χ1) is 27.9. The van der Waals surface area contributed by atoms with Crippen LogP contribution in [0.4, 0.5) is 10.8 Å². The topological polar surface area (TPSA) is 143 Å². The van der Waals surface area contributed by atoms with Crippen molar-refractivity contribution in [2.45, 2.75) is 51.4 Å². The van der Waals surface area contributed by atoms with E-state index >= 15 is 0 Å². The number of anilines is 2. The van der Waals surface area contributed by atoms with Crippen LogP contribution in [0.15, 0.2) is 115 Å². The van der Waals surface area contributed by atoms with E-state index in [1.165, 1.54) is 11.3 Å². The van der Waals surface area contributed by atoms with Gasteiger partial charge in [0.15, 0.2) is 0 Å². The summed E-state index contributed by atoms with van der Waals surface area (Å²) in [5, 5.41) is 7.10. The van der Waals surface area contributed by atoms with Gasteiger partial charge in [0.25, 0.3) is 6.47 Å². The van der Waals surface area contributed by atoms with Crippen molar-refractivity contribution >= 4 is 63.0 Å². The highest BCUT2D eigenvalue weighted by atomic mass is 32.1. The van der Waals surface area contributed by atoms with E-state index in [0.717, 1.165) is 47.7 Å². The van der Waals surface area contributed by atoms with Gasteiger partial charge in [-0.25, -0.2) is 14.8 Å². The molecule has 5 aromatic rings. The fraction of sp³-hybridized carbons (Fsp3) is 0.273. The summed E-state index contributed by atoms with van der Waals surface area (Å²) < 4.78 is 28.5. The quantitative estimate of drug-likeness (QED) is 0.0150. The highest BCUT2D eigenvalue weighted by Gasteiger charge is 2.32. The summed E-state index contributed by atoms with van der Waals surface area (Å²) in [6, 6.07) is 29.0. The molecule has 4 aromatic carbocycles. The molecular formula is C44H43N3O9S. The van der Waals surface area contributed by atoms with Gasteiger partial charge in [0.2, 0.25) is 5.13 Å². The molecule has 0 bridgehead atoms. The number of rotatable bonds is 19. The van der Waals surface area contributed by atoms with Crippen molar-refractivity contribution < 1.29 is 42.9 Å². The van der Waals surface area contributed by atoms with Crippen LogP contribution in [0.3, 0.4) is 0 Å². The largest absolute Gasteiger partial charge is 0.494 e. The monoisotopic (exact) mass is 789 g/mol. The van der Waals surface area contributed by atoms with Gasteiger partial charge in [0.05, 0.1) is 47.2 Å². The first kappa shape index (κ1) is 40.3. The molecule has 0 radical (unpaired) electrons. The number of hydrogen-bond acceptors (Lipinski definition) is 13. The van der Waals surface area contributed by atoms with Gasteiger partial charge in [0.1, 0.15) is 23.0 Å². The number of benzene rings is 4. The van der Waals surface area contributed by atoms with Crippen molar-refractivity contribution in [1.29, 1.82) is 0 Å². The van der Waals surface area contributed by atoms with E-state index in [-0.39, 0.29) is 23.4 Å². The Kier molecular flexibility index (Phi) is 14.5. The lowest BCUT2D eigenvalue weighted by atomic mass is 9.82. The summed E-state index contributed by atoms with van der Waals surface area (Å²) in [4.78, 5) is 53.5. The third kappa shape index (κ3) is 11.6. The molecule has 1 fully saturated rings. The summed E-state index contributed by atoms with van der Waals surface area (Å²) in [5.74, 6) is -0.324. The van der Waals surface area contributed by atoms with Gasteiger partial charge in [-0.1, -0.05) is 48.2 Å². The third-order valence-electron chi connectivity index (χ3n) is 9.31. The lowest BCUT2D eigenvalue weighted by Gasteiger charge is -2.26. The van der Waals surface area contributed by atoms with Crippen LogP contribution in [-0.2, 0) is 23.9 Å². The summed E-state index contributed by atoms with van der Waals surface area (Å²) in [5.41, 5.74) is 2.03. The standard InChI is InChI=1S/C44H43N3O9S/c1-2-41(49)53-27-11-4-3-10-26-52-35-20-22-36(23-21-35)55-42(50)31-16-18-32(19-17-31)43(51)56-39-25-24-37(54-30-48)28-33(39)29-45-47(34-12-6-5-7-13-34)44-46-38-14-8-9-15-40(38)57-44/h2,5-9,12-15,20-25,28-32H,1,3-4,10-11,16-19,26-27H2/b45-29+. The normalized spacial score (nSPS) is 15.1. The number of fused-ring (bicyclic) bond motifs is 1. The summed E-state index contributed by atoms with van der Waals surface area (Å²) in [6.45, 7) is 4.63. The van der Waals surface area contributed by atoms with Crippen LogP contribution in [0, 0.1) is 11.8 Å². The molecule has 0 spiro atoms. The number of thiazole rings is 1. The van der Waals surface area contributed by atoms with Crippen molar-refractivity contribution in [2.75, 3.05) is 18.2 Å². The van der Waals surface area contributed by atoms with Crippen LogP contribution in [0.5, 0.6) is 23.0 Å². The van der Waals surface area contributed by atoms with Crippen molar-refractivity contribution in [2.24, 2.45) is 16.9 Å². The van der Waals surface area contributed by atoms with Crippen molar-refractivity contribution in [1.82, 2.24) is 4.98 Å². The molecule has 6 rings (SSSR count). The smallest absolute Gasteiger partial charge is 0.330 e. The Morgan fingerprint density at radius 1 is 0.772 bits per heavy atom. The molecule has 0 aliphatic heterocycles. The molecule has 12 nitrogen and oxygen atoms in total. The molecule has 1 heterocycles. The number of nitrogens with zero attached hydrogens (tertiary/aromatic N) is 3. The Bertz CT molecular complexity index is 2130. The third-order valence-corrected chi connectivity index (χ3v) is 10.3. The van der Waals surface area contributed by atoms with Gasteiger partial charge in [-0.3, -0.25) is 14.4 Å². The van der Waals surface area contributed by atoms with E-state index in [0.29, 0.717) is 67.6 Å². The number of unbranched alkanes of at least 4 members (excludes halogenated alkanes) is 3. The van der Waals surface area contributed by atoms with E-state index in [9.17, 15) is 19.2 Å². The summed E-state index contributed by atoms with van der Waals surface area (Å²) in [6.07, 6.45) is 8.10.